The van der Waals surface area contributed by atoms with Crippen molar-refractivity contribution in [3.05, 3.63) is 11.4 Å². The largest absolute Gasteiger partial charge is 0.476 e. The first-order chi connectivity index (χ1) is 6.70. The van der Waals surface area contributed by atoms with Crippen molar-refractivity contribution in [3.8, 4) is 0 Å². The maximum absolute atomic E-state index is 10.8. The zero-order valence-electron chi connectivity index (χ0n) is 8.03. The summed E-state index contributed by atoms with van der Waals surface area (Å²) in [6.07, 6.45) is 3.59. The van der Waals surface area contributed by atoms with Gasteiger partial charge in [-0.05, 0) is 18.8 Å². The molecule has 1 saturated carbocycles. The van der Waals surface area contributed by atoms with Crippen molar-refractivity contribution in [2.45, 2.75) is 32.1 Å². The molecule has 14 heavy (non-hydrogen) atoms. The van der Waals surface area contributed by atoms with Gasteiger partial charge in [0.15, 0.2) is 5.69 Å². The van der Waals surface area contributed by atoms with Gasteiger partial charge in [-0.15, -0.1) is 5.10 Å². The van der Waals surface area contributed by atoms with Crippen molar-refractivity contribution in [1.29, 1.82) is 0 Å². The summed E-state index contributed by atoms with van der Waals surface area (Å²) in [5.41, 5.74) is 0.673. The van der Waals surface area contributed by atoms with E-state index < -0.39 is 5.97 Å². The molecule has 2 rings (SSSR count). The molecule has 1 heterocycles. The Balaban J connectivity index is 2.21. The van der Waals surface area contributed by atoms with Crippen molar-refractivity contribution < 1.29 is 9.90 Å². The first-order valence-corrected chi connectivity index (χ1v) is 4.84. The second-order valence-corrected chi connectivity index (χ2v) is 3.84. The Hall–Kier alpha value is -1.39. The third-order valence-corrected chi connectivity index (χ3v) is 3.07. The summed E-state index contributed by atoms with van der Waals surface area (Å²) < 4.78 is 0. The number of rotatable bonds is 3. The maximum atomic E-state index is 10.8. The number of aromatic amines is 1. The molecular formula is C9H13N3O2. The molecule has 5 nitrogen and oxygen atoms in total. The molecule has 5 heteroatoms. The fourth-order valence-corrected chi connectivity index (χ4v) is 1.88. The SMILES string of the molecule is CC(c1n[nH]nc1C(=O)O)C1CCC1. The maximum Gasteiger partial charge on any atom is 0.358 e. The molecule has 2 N–H and O–H groups in total. The highest BCUT2D eigenvalue weighted by Crippen LogP contribution is 2.38. The Labute approximate surface area is 81.5 Å². The molecule has 0 spiro atoms. The zero-order valence-corrected chi connectivity index (χ0v) is 8.03. The van der Waals surface area contributed by atoms with E-state index in [1.807, 2.05) is 6.92 Å². The number of carbonyl (C=O) groups is 1. The summed E-state index contributed by atoms with van der Waals surface area (Å²) in [5.74, 6) is -0.216. The predicted molar refractivity (Wildman–Crippen MR) is 49.1 cm³/mol. The summed E-state index contributed by atoms with van der Waals surface area (Å²) in [6.45, 7) is 2.02. The van der Waals surface area contributed by atoms with Crippen LogP contribution < -0.4 is 0 Å². The summed E-state index contributed by atoms with van der Waals surface area (Å²) in [6, 6.07) is 0. The molecule has 1 unspecified atom stereocenters. The van der Waals surface area contributed by atoms with Gasteiger partial charge in [0, 0.05) is 5.92 Å². The van der Waals surface area contributed by atoms with E-state index in [1.165, 1.54) is 19.3 Å². The van der Waals surface area contributed by atoms with Gasteiger partial charge in [-0.2, -0.15) is 10.3 Å². The predicted octanol–water partition coefficient (Wildman–Crippen LogP) is 1.41. The van der Waals surface area contributed by atoms with Gasteiger partial charge in [-0.1, -0.05) is 13.3 Å². The Morgan fingerprint density at radius 3 is 2.79 bits per heavy atom. The second-order valence-electron chi connectivity index (χ2n) is 3.84. The summed E-state index contributed by atoms with van der Waals surface area (Å²) in [4.78, 5) is 10.8. The number of H-pyrrole nitrogens is 1. The fraction of sp³-hybridized carbons (Fsp3) is 0.667. The highest BCUT2D eigenvalue weighted by Gasteiger charge is 2.30. The van der Waals surface area contributed by atoms with Crippen LogP contribution in [0.2, 0.25) is 0 Å². The number of carboxylic acids is 1. The van der Waals surface area contributed by atoms with Crippen molar-refractivity contribution in [3.63, 3.8) is 0 Å². The van der Waals surface area contributed by atoms with E-state index in [0.717, 1.165) is 0 Å². The van der Waals surface area contributed by atoms with Crippen LogP contribution in [0.3, 0.4) is 0 Å². The van der Waals surface area contributed by atoms with Crippen molar-refractivity contribution in [2.24, 2.45) is 5.92 Å². The first-order valence-electron chi connectivity index (χ1n) is 4.84. The molecule has 1 aliphatic rings. The van der Waals surface area contributed by atoms with Gasteiger partial charge in [0.1, 0.15) is 5.69 Å². The Kier molecular flexibility index (Phi) is 2.23. The minimum atomic E-state index is -1.00. The number of hydrogen-bond donors (Lipinski definition) is 2. The number of hydrogen-bond acceptors (Lipinski definition) is 3. The minimum Gasteiger partial charge on any atom is -0.476 e. The van der Waals surface area contributed by atoms with E-state index in [2.05, 4.69) is 15.4 Å². The van der Waals surface area contributed by atoms with E-state index in [-0.39, 0.29) is 11.6 Å². The smallest absolute Gasteiger partial charge is 0.358 e. The number of nitrogens with one attached hydrogen (secondary N) is 1. The van der Waals surface area contributed by atoms with Crippen LogP contribution in [0.5, 0.6) is 0 Å². The van der Waals surface area contributed by atoms with Gasteiger partial charge in [0.2, 0.25) is 0 Å². The molecule has 0 aliphatic heterocycles. The van der Waals surface area contributed by atoms with E-state index in [1.54, 1.807) is 0 Å². The standard InChI is InChI=1S/C9H13N3O2/c1-5(6-3-2-4-6)7-8(9(13)14)11-12-10-7/h5-6H,2-4H2,1H3,(H,13,14)(H,10,11,12). The summed E-state index contributed by atoms with van der Waals surface area (Å²) >= 11 is 0. The van der Waals surface area contributed by atoms with Crippen LogP contribution in [-0.4, -0.2) is 26.5 Å². The van der Waals surface area contributed by atoms with E-state index >= 15 is 0 Å². The van der Waals surface area contributed by atoms with Gasteiger partial charge >= 0.3 is 5.97 Å². The molecule has 1 aromatic rings. The molecule has 1 aliphatic carbocycles. The Morgan fingerprint density at radius 2 is 2.29 bits per heavy atom. The average Bonchev–Trinajstić information content (AvgIpc) is 2.47. The zero-order chi connectivity index (χ0) is 10.1. The molecule has 0 saturated heterocycles. The molecule has 1 aromatic heterocycles. The van der Waals surface area contributed by atoms with Crippen LogP contribution in [0.1, 0.15) is 48.3 Å². The molecular weight excluding hydrogens is 182 g/mol. The number of aromatic carboxylic acids is 1. The van der Waals surface area contributed by atoms with Crippen LogP contribution in [-0.2, 0) is 0 Å². The van der Waals surface area contributed by atoms with Crippen LogP contribution in [0, 0.1) is 5.92 Å². The van der Waals surface area contributed by atoms with Crippen molar-refractivity contribution in [2.75, 3.05) is 0 Å². The second kappa shape index (κ2) is 3.40. The summed E-state index contributed by atoms with van der Waals surface area (Å²) in [7, 11) is 0. The van der Waals surface area contributed by atoms with Gasteiger partial charge in [-0.3, -0.25) is 0 Å². The van der Waals surface area contributed by atoms with Crippen LogP contribution in [0.25, 0.3) is 0 Å². The number of carboxylic acid groups (broad SMARTS) is 1. The van der Waals surface area contributed by atoms with Crippen molar-refractivity contribution in [1.82, 2.24) is 15.4 Å². The van der Waals surface area contributed by atoms with E-state index in [0.29, 0.717) is 11.6 Å². The van der Waals surface area contributed by atoms with Gasteiger partial charge < -0.3 is 5.11 Å². The molecule has 0 bridgehead atoms. The normalized spacial score (nSPS) is 18.9. The fourth-order valence-electron chi connectivity index (χ4n) is 1.88. The minimum absolute atomic E-state index is 0.0735. The van der Waals surface area contributed by atoms with Gasteiger partial charge in [0.05, 0.1) is 0 Å². The molecule has 1 atom stereocenters. The Morgan fingerprint density at radius 1 is 1.57 bits per heavy atom. The van der Waals surface area contributed by atoms with Gasteiger partial charge in [-0.25, -0.2) is 4.79 Å². The number of nitrogens with zero attached hydrogens (tertiary/aromatic N) is 2. The summed E-state index contributed by atoms with van der Waals surface area (Å²) in [5, 5.41) is 18.8. The first kappa shape index (κ1) is 9.18. The molecule has 1 fully saturated rings. The van der Waals surface area contributed by atoms with E-state index in [9.17, 15) is 4.79 Å². The lowest BCUT2D eigenvalue weighted by atomic mass is 9.75. The monoisotopic (exact) mass is 195 g/mol. The molecule has 0 radical (unpaired) electrons. The lowest BCUT2D eigenvalue weighted by Crippen LogP contribution is -2.20. The Bertz CT molecular complexity index is 344. The topological polar surface area (TPSA) is 78.9 Å². The van der Waals surface area contributed by atoms with E-state index in [4.69, 9.17) is 5.11 Å². The highest BCUT2D eigenvalue weighted by atomic mass is 16.4. The average molecular weight is 195 g/mol. The highest BCUT2D eigenvalue weighted by molar-refractivity contribution is 5.86. The lowest BCUT2D eigenvalue weighted by Gasteiger charge is -2.30. The van der Waals surface area contributed by atoms with Crippen LogP contribution in [0.4, 0.5) is 0 Å². The van der Waals surface area contributed by atoms with Crippen LogP contribution in [0.15, 0.2) is 0 Å². The number of aromatic nitrogens is 3. The third-order valence-electron chi connectivity index (χ3n) is 3.07. The molecule has 0 aromatic carbocycles. The van der Waals surface area contributed by atoms with Gasteiger partial charge in [0.25, 0.3) is 0 Å². The quantitative estimate of drug-likeness (QED) is 0.764. The lowest BCUT2D eigenvalue weighted by molar-refractivity contribution is 0.0687. The van der Waals surface area contributed by atoms with Crippen molar-refractivity contribution >= 4 is 5.97 Å². The molecule has 76 valence electrons. The third kappa shape index (κ3) is 1.38. The molecule has 0 amide bonds. The van der Waals surface area contributed by atoms with Crippen LogP contribution >= 0.6 is 0 Å².